The number of hydrogen-bond acceptors (Lipinski definition) is 1. The highest BCUT2D eigenvalue weighted by atomic mass is 31.0. The van der Waals surface area contributed by atoms with Crippen LogP contribution in [-0.4, -0.2) is 17.2 Å². The van der Waals surface area contributed by atoms with Crippen LogP contribution in [0.25, 0.3) is 0 Å². The number of carboxylic acids is 1. The van der Waals surface area contributed by atoms with Crippen molar-refractivity contribution < 1.29 is 9.90 Å². The van der Waals surface area contributed by atoms with Gasteiger partial charge in [-0.05, 0) is 12.6 Å². The third-order valence-corrected chi connectivity index (χ3v) is 2.96. The minimum atomic E-state index is -0.663. The number of carbonyl (C=O) groups is 1. The molecule has 1 N–H and O–H groups in total. The first-order valence-electron chi connectivity index (χ1n) is 7.10. The van der Waals surface area contributed by atoms with Crippen LogP contribution in [-0.2, 0) is 4.79 Å². The van der Waals surface area contributed by atoms with Crippen molar-refractivity contribution >= 4 is 15.2 Å². The molecular formula is C14H31O2P. The highest BCUT2D eigenvalue weighted by Gasteiger charge is 1.95. The Morgan fingerprint density at radius 3 is 1.71 bits per heavy atom. The largest absolute Gasteiger partial charge is 0.481 e. The zero-order valence-corrected chi connectivity index (χ0v) is 12.9. The van der Waals surface area contributed by atoms with Gasteiger partial charge >= 0.3 is 5.97 Å². The highest BCUT2D eigenvalue weighted by Crippen LogP contribution is 2.07. The van der Waals surface area contributed by atoms with Gasteiger partial charge in [-0.3, -0.25) is 4.79 Å². The number of hydrogen-bond donors (Lipinski definition) is 1. The molecule has 0 aliphatic heterocycles. The molecule has 104 valence electrons. The van der Waals surface area contributed by atoms with Gasteiger partial charge in [-0.1, -0.05) is 65.2 Å². The van der Waals surface area contributed by atoms with E-state index in [9.17, 15) is 4.79 Å². The van der Waals surface area contributed by atoms with Gasteiger partial charge in [0.05, 0.1) is 0 Å². The summed E-state index contributed by atoms with van der Waals surface area (Å²) in [6.45, 7) is 4.40. The van der Waals surface area contributed by atoms with Crippen LogP contribution >= 0.6 is 9.24 Å². The number of unbranched alkanes of at least 4 members (excludes halogenated alkanes) is 7. The second-order valence-corrected chi connectivity index (χ2v) is 4.98. The standard InChI is InChI=1S/C10H20O2.C4H11P/c1-2-3-4-5-6-7-8-9-10(11)12;1-2-3-4-5/h2-9H2,1H3,(H,11,12);2-5H2,1H3. The molecule has 0 heterocycles. The molecule has 0 radical (unpaired) electrons. The van der Waals surface area contributed by atoms with Crippen molar-refractivity contribution in [2.75, 3.05) is 6.16 Å². The Balaban J connectivity index is 0. The summed E-state index contributed by atoms with van der Waals surface area (Å²) in [5.74, 6) is -0.663. The molecule has 0 aliphatic rings. The third kappa shape index (κ3) is 25.9. The fourth-order valence-corrected chi connectivity index (χ4v) is 1.85. The average molecular weight is 262 g/mol. The normalized spacial score (nSPS) is 9.59. The van der Waals surface area contributed by atoms with Gasteiger partial charge < -0.3 is 5.11 Å². The van der Waals surface area contributed by atoms with Crippen molar-refractivity contribution in [3.8, 4) is 0 Å². The Morgan fingerprint density at radius 2 is 1.35 bits per heavy atom. The number of rotatable bonds is 10. The van der Waals surface area contributed by atoms with Gasteiger partial charge in [0.1, 0.15) is 0 Å². The summed E-state index contributed by atoms with van der Waals surface area (Å²) in [5, 5.41) is 8.35. The minimum Gasteiger partial charge on any atom is -0.481 e. The maximum Gasteiger partial charge on any atom is 0.303 e. The summed E-state index contributed by atoms with van der Waals surface area (Å²) >= 11 is 0. The molecule has 0 fully saturated rings. The van der Waals surface area contributed by atoms with E-state index < -0.39 is 5.97 Å². The van der Waals surface area contributed by atoms with Gasteiger partial charge in [-0.15, -0.1) is 9.24 Å². The summed E-state index contributed by atoms with van der Waals surface area (Å²) in [7, 11) is 2.70. The molecule has 0 saturated carbocycles. The topological polar surface area (TPSA) is 37.3 Å². The van der Waals surface area contributed by atoms with E-state index in [0.717, 1.165) is 12.8 Å². The molecule has 17 heavy (non-hydrogen) atoms. The SMILES string of the molecule is CCCCCCCCCC(=O)O.CCCCP. The van der Waals surface area contributed by atoms with Gasteiger partial charge in [-0.2, -0.15) is 0 Å². The first kappa shape index (κ1) is 19.2. The molecular weight excluding hydrogens is 231 g/mol. The van der Waals surface area contributed by atoms with Crippen LogP contribution in [0.5, 0.6) is 0 Å². The first-order valence-corrected chi connectivity index (χ1v) is 7.92. The van der Waals surface area contributed by atoms with Crippen LogP contribution in [0.3, 0.4) is 0 Å². The lowest BCUT2D eigenvalue weighted by molar-refractivity contribution is -0.137. The van der Waals surface area contributed by atoms with Crippen LogP contribution < -0.4 is 0 Å². The van der Waals surface area contributed by atoms with Crippen LogP contribution in [0.1, 0.15) is 78.1 Å². The molecule has 0 spiro atoms. The zero-order chi connectivity index (χ0) is 13.4. The predicted molar refractivity (Wildman–Crippen MR) is 79.7 cm³/mol. The second kappa shape index (κ2) is 18.3. The molecule has 3 heteroatoms. The molecule has 0 aromatic carbocycles. The Bertz CT molecular complexity index is 147. The van der Waals surface area contributed by atoms with Gasteiger partial charge in [0.25, 0.3) is 0 Å². The van der Waals surface area contributed by atoms with Crippen molar-refractivity contribution in [1.82, 2.24) is 0 Å². The average Bonchev–Trinajstić information content (AvgIpc) is 2.29. The van der Waals surface area contributed by atoms with E-state index in [0.29, 0.717) is 6.42 Å². The molecule has 0 aromatic heterocycles. The third-order valence-electron chi connectivity index (χ3n) is 2.55. The lowest BCUT2D eigenvalue weighted by atomic mass is 10.1. The monoisotopic (exact) mass is 262 g/mol. The molecule has 0 rings (SSSR count). The van der Waals surface area contributed by atoms with E-state index in [1.165, 1.54) is 51.1 Å². The Labute approximate surface area is 110 Å². The predicted octanol–water partition coefficient (Wildman–Crippen LogP) is 4.87. The molecule has 0 aromatic rings. The Morgan fingerprint density at radius 1 is 0.882 bits per heavy atom. The summed E-state index contributed by atoms with van der Waals surface area (Å²) < 4.78 is 0. The molecule has 0 aliphatic carbocycles. The molecule has 0 amide bonds. The summed E-state index contributed by atoms with van der Waals surface area (Å²) in [4.78, 5) is 10.1. The van der Waals surface area contributed by atoms with E-state index in [4.69, 9.17) is 5.11 Å². The van der Waals surface area contributed by atoms with Gasteiger partial charge in [0.2, 0.25) is 0 Å². The zero-order valence-electron chi connectivity index (χ0n) is 11.7. The highest BCUT2D eigenvalue weighted by molar-refractivity contribution is 7.16. The fraction of sp³-hybridized carbons (Fsp3) is 0.929. The minimum absolute atomic E-state index is 0.341. The molecule has 1 atom stereocenters. The summed E-state index contributed by atoms with van der Waals surface area (Å²) in [6, 6.07) is 0. The lowest BCUT2D eigenvalue weighted by Gasteiger charge is -1.98. The smallest absolute Gasteiger partial charge is 0.303 e. The second-order valence-electron chi connectivity index (χ2n) is 4.41. The van der Waals surface area contributed by atoms with Crippen LogP contribution in [0.15, 0.2) is 0 Å². The van der Waals surface area contributed by atoms with E-state index in [-0.39, 0.29) is 0 Å². The fourth-order valence-electron chi connectivity index (χ4n) is 1.44. The first-order chi connectivity index (χ1) is 8.18. The van der Waals surface area contributed by atoms with Gasteiger partial charge in [0.15, 0.2) is 0 Å². The van der Waals surface area contributed by atoms with Crippen molar-refractivity contribution in [2.24, 2.45) is 0 Å². The number of aliphatic carboxylic acids is 1. The summed E-state index contributed by atoms with van der Waals surface area (Å²) in [6.07, 6.45) is 12.6. The quantitative estimate of drug-likeness (QED) is 0.450. The van der Waals surface area contributed by atoms with E-state index in [1.807, 2.05) is 0 Å². The van der Waals surface area contributed by atoms with Crippen LogP contribution in [0.2, 0.25) is 0 Å². The van der Waals surface area contributed by atoms with E-state index in [1.54, 1.807) is 0 Å². The molecule has 0 bridgehead atoms. The van der Waals surface area contributed by atoms with Crippen molar-refractivity contribution in [3.63, 3.8) is 0 Å². The molecule has 0 saturated heterocycles. The Kier molecular flexibility index (Phi) is 20.7. The lowest BCUT2D eigenvalue weighted by Crippen LogP contribution is -1.93. The maximum atomic E-state index is 10.1. The molecule has 2 nitrogen and oxygen atoms in total. The van der Waals surface area contributed by atoms with Crippen molar-refractivity contribution in [2.45, 2.75) is 78.1 Å². The maximum absolute atomic E-state index is 10.1. The van der Waals surface area contributed by atoms with Gasteiger partial charge in [-0.25, -0.2) is 0 Å². The van der Waals surface area contributed by atoms with Crippen molar-refractivity contribution in [3.05, 3.63) is 0 Å². The van der Waals surface area contributed by atoms with E-state index in [2.05, 4.69) is 23.1 Å². The van der Waals surface area contributed by atoms with E-state index >= 15 is 0 Å². The van der Waals surface area contributed by atoms with Gasteiger partial charge in [0, 0.05) is 6.42 Å². The molecule has 1 unspecified atom stereocenters. The van der Waals surface area contributed by atoms with Crippen LogP contribution in [0, 0.1) is 0 Å². The van der Waals surface area contributed by atoms with Crippen LogP contribution in [0.4, 0.5) is 0 Å². The Hall–Kier alpha value is -0.100. The number of carboxylic acid groups (broad SMARTS) is 1. The summed E-state index contributed by atoms with van der Waals surface area (Å²) in [5.41, 5.74) is 0. The van der Waals surface area contributed by atoms with Crippen molar-refractivity contribution in [1.29, 1.82) is 0 Å².